The zero-order valence-electron chi connectivity index (χ0n) is 17.3. The highest BCUT2D eigenvalue weighted by Gasteiger charge is 2.34. The first-order valence-corrected chi connectivity index (χ1v) is 11.5. The van der Waals surface area contributed by atoms with Gasteiger partial charge in [0.15, 0.2) is 6.10 Å². The number of aryl methyl sites for hydroxylation is 1. The number of nitrogens with zero attached hydrogens (tertiary/aromatic N) is 3. The highest BCUT2D eigenvalue weighted by atomic mass is 35.5. The number of anilines is 2. The summed E-state index contributed by atoms with van der Waals surface area (Å²) >= 11 is 13.2. The molecular weight excluding hydrogens is 471 g/mol. The van der Waals surface area contributed by atoms with Crippen LogP contribution in [0.1, 0.15) is 29.8 Å². The molecule has 2 atom stereocenters. The number of nitrogens with one attached hydrogen (secondary N) is 1. The zero-order chi connectivity index (χ0) is 22.8. The fourth-order valence-electron chi connectivity index (χ4n) is 3.44. The number of benzene rings is 2. The number of rotatable bonds is 6. The summed E-state index contributed by atoms with van der Waals surface area (Å²) in [4.78, 5) is 26.9. The van der Waals surface area contributed by atoms with Crippen LogP contribution in [0.25, 0.3) is 0 Å². The molecule has 1 N–H and O–H groups in total. The van der Waals surface area contributed by atoms with E-state index in [0.29, 0.717) is 38.9 Å². The number of hydrogen-bond donors (Lipinski definition) is 1. The number of carbonyl (C=O) groups is 2. The van der Waals surface area contributed by atoms with Gasteiger partial charge in [-0.3, -0.25) is 14.9 Å². The van der Waals surface area contributed by atoms with Crippen LogP contribution in [0.3, 0.4) is 0 Å². The van der Waals surface area contributed by atoms with Crippen LogP contribution in [0.15, 0.2) is 42.5 Å². The molecule has 0 saturated carbocycles. The standard InChI is InChI=1S/C22H20Cl2N4O3S/c1-12-5-3-4-6-17(12)28-11-14(9-19(28)29)21-26-27-22(32-21)25-20(30)13(2)31-18-8-7-15(23)10-16(18)24/h3-8,10,13-14H,9,11H2,1-2H3,(H,25,27,30). The van der Waals surface area contributed by atoms with Crippen LogP contribution in [-0.2, 0) is 9.59 Å². The summed E-state index contributed by atoms with van der Waals surface area (Å²) in [6, 6.07) is 12.6. The molecule has 0 aliphatic carbocycles. The van der Waals surface area contributed by atoms with E-state index in [4.69, 9.17) is 27.9 Å². The molecule has 10 heteroatoms. The maximum Gasteiger partial charge on any atom is 0.266 e. The molecule has 2 aromatic carbocycles. The van der Waals surface area contributed by atoms with E-state index in [9.17, 15) is 9.59 Å². The second-order valence-electron chi connectivity index (χ2n) is 7.46. The van der Waals surface area contributed by atoms with Crippen molar-refractivity contribution in [1.29, 1.82) is 0 Å². The third kappa shape index (κ3) is 4.87. The molecule has 0 bridgehead atoms. The Balaban J connectivity index is 1.39. The predicted octanol–water partition coefficient (Wildman–Crippen LogP) is 5.08. The number of para-hydroxylation sites is 1. The normalized spacial score (nSPS) is 16.8. The molecule has 7 nitrogen and oxygen atoms in total. The lowest BCUT2D eigenvalue weighted by Gasteiger charge is -2.18. The Bertz CT molecular complexity index is 1170. The molecule has 166 valence electrons. The van der Waals surface area contributed by atoms with Crippen molar-refractivity contribution in [3.63, 3.8) is 0 Å². The van der Waals surface area contributed by atoms with Crippen molar-refractivity contribution in [2.45, 2.75) is 32.3 Å². The number of carbonyl (C=O) groups excluding carboxylic acids is 2. The maximum absolute atomic E-state index is 12.6. The van der Waals surface area contributed by atoms with Crippen molar-refractivity contribution in [1.82, 2.24) is 10.2 Å². The molecule has 0 radical (unpaired) electrons. The van der Waals surface area contributed by atoms with Crippen LogP contribution in [-0.4, -0.2) is 34.7 Å². The van der Waals surface area contributed by atoms with E-state index < -0.39 is 6.10 Å². The number of ether oxygens (including phenoxy) is 1. The number of aromatic nitrogens is 2. The highest BCUT2D eigenvalue weighted by Crippen LogP contribution is 2.35. The molecule has 1 fully saturated rings. The van der Waals surface area contributed by atoms with E-state index in [0.717, 1.165) is 11.3 Å². The van der Waals surface area contributed by atoms with Gasteiger partial charge in [-0.1, -0.05) is 52.7 Å². The minimum Gasteiger partial charge on any atom is -0.479 e. The van der Waals surface area contributed by atoms with Crippen molar-refractivity contribution >= 4 is 57.2 Å². The Labute approximate surface area is 199 Å². The van der Waals surface area contributed by atoms with Gasteiger partial charge in [-0.25, -0.2) is 0 Å². The summed E-state index contributed by atoms with van der Waals surface area (Å²) in [6.45, 7) is 4.12. The molecule has 1 aliphatic heterocycles. The molecule has 4 rings (SSSR count). The topological polar surface area (TPSA) is 84.4 Å². The van der Waals surface area contributed by atoms with E-state index in [1.54, 1.807) is 30.0 Å². The van der Waals surface area contributed by atoms with Crippen LogP contribution in [0.4, 0.5) is 10.8 Å². The average Bonchev–Trinajstić information content (AvgIpc) is 3.37. The summed E-state index contributed by atoms with van der Waals surface area (Å²) in [7, 11) is 0. The average molecular weight is 491 g/mol. The summed E-state index contributed by atoms with van der Waals surface area (Å²) in [5.74, 6) is -0.0565. The largest absolute Gasteiger partial charge is 0.479 e. The van der Waals surface area contributed by atoms with Crippen LogP contribution in [0, 0.1) is 6.92 Å². The summed E-state index contributed by atoms with van der Waals surface area (Å²) in [5.41, 5.74) is 1.95. The molecule has 1 aliphatic rings. The van der Waals surface area contributed by atoms with Gasteiger partial charge in [-0.05, 0) is 43.7 Å². The Kier molecular flexibility index (Phi) is 6.64. The third-order valence-corrected chi connectivity index (χ3v) is 6.65. The SMILES string of the molecule is Cc1ccccc1N1CC(c2nnc(NC(=O)C(C)Oc3ccc(Cl)cc3Cl)s2)CC1=O. The van der Waals surface area contributed by atoms with Gasteiger partial charge in [0.2, 0.25) is 11.0 Å². The smallest absolute Gasteiger partial charge is 0.266 e. The van der Waals surface area contributed by atoms with E-state index >= 15 is 0 Å². The van der Waals surface area contributed by atoms with Crippen molar-refractivity contribution in [3.8, 4) is 5.75 Å². The Morgan fingerprint density at radius 3 is 2.78 bits per heavy atom. The van der Waals surface area contributed by atoms with Crippen LogP contribution < -0.4 is 15.0 Å². The summed E-state index contributed by atoms with van der Waals surface area (Å²) < 4.78 is 5.63. The van der Waals surface area contributed by atoms with Gasteiger partial charge in [0.1, 0.15) is 10.8 Å². The lowest BCUT2D eigenvalue weighted by atomic mass is 10.1. The van der Waals surface area contributed by atoms with Crippen molar-refractivity contribution in [2.24, 2.45) is 0 Å². The first kappa shape index (κ1) is 22.5. The van der Waals surface area contributed by atoms with Crippen molar-refractivity contribution < 1.29 is 14.3 Å². The maximum atomic E-state index is 12.6. The van der Waals surface area contributed by atoms with Gasteiger partial charge < -0.3 is 9.64 Å². The van der Waals surface area contributed by atoms with Gasteiger partial charge in [-0.2, -0.15) is 0 Å². The second-order valence-corrected chi connectivity index (χ2v) is 9.31. The van der Waals surface area contributed by atoms with Crippen LogP contribution >= 0.6 is 34.5 Å². The van der Waals surface area contributed by atoms with Gasteiger partial charge >= 0.3 is 0 Å². The lowest BCUT2D eigenvalue weighted by molar-refractivity contribution is -0.122. The Morgan fingerprint density at radius 2 is 2.03 bits per heavy atom. The van der Waals surface area contributed by atoms with Gasteiger partial charge in [0.25, 0.3) is 5.91 Å². The van der Waals surface area contributed by atoms with Crippen LogP contribution in [0.2, 0.25) is 10.0 Å². The van der Waals surface area contributed by atoms with E-state index in [2.05, 4.69) is 15.5 Å². The predicted molar refractivity (Wildman–Crippen MR) is 126 cm³/mol. The second kappa shape index (κ2) is 9.44. The summed E-state index contributed by atoms with van der Waals surface area (Å²) in [5, 5.41) is 12.8. The first-order chi connectivity index (χ1) is 15.3. The molecular formula is C22H20Cl2N4O3S. The number of amides is 2. The number of halogens is 2. The molecule has 3 aromatic rings. The zero-order valence-corrected chi connectivity index (χ0v) is 19.7. The minimum absolute atomic E-state index is 0.0481. The van der Waals surface area contributed by atoms with Gasteiger partial charge in [0, 0.05) is 29.6 Å². The fourth-order valence-corrected chi connectivity index (χ4v) is 4.73. The van der Waals surface area contributed by atoms with E-state index in [-0.39, 0.29) is 17.7 Å². The molecule has 1 aromatic heterocycles. The van der Waals surface area contributed by atoms with Gasteiger partial charge in [-0.15, -0.1) is 10.2 Å². The molecule has 2 heterocycles. The van der Waals surface area contributed by atoms with E-state index in [1.807, 2.05) is 31.2 Å². The highest BCUT2D eigenvalue weighted by molar-refractivity contribution is 7.15. The van der Waals surface area contributed by atoms with Gasteiger partial charge in [0.05, 0.1) is 5.02 Å². The van der Waals surface area contributed by atoms with E-state index in [1.165, 1.54) is 11.3 Å². The molecule has 2 unspecified atom stereocenters. The molecule has 0 spiro atoms. The Morgan fingerprint density at radius 1 is 1.25 bits per heavy atom. The monoisotopic (exact) mass is 490 g/mol. The Hall–Kier alpha value is -2.68. The van der Waals surface area contributed by atoms with Crippen molar-refractivity contribution in [2.75, 3.05) is 16.8 Å². The minimum atomic E-state index is -0.814. The number of hydrogen-bond acceptors (Lipinski definition) is 6. The molecule has 32 heavy (non-hydrogen) atoms. The van der Waals surface area contributed by atoms with Crippen LogP contribution in [0.5, 0.6) is 5.75 Å². The third-order valence-electron chi connectivity index (χ3n) is 5.12. The fraction of sp³-hybridized carbons (Fsp3) is 0.273. The first-order valence-electron chi connectivity index (χ1n) is 9.94. The lowest BCUT2D eigenvalue weighted by Crippen LogP contribution is -2.30. The molecule has 2 amide bonds. The quantitative estimate of drug-likeness (QED) is 0.520. The molecule has 1 saturated heterocycles. The summed E-state index contributed by atoms with van der Waals surface area (Å²) in [6.07, 6.45) is -0.462. The van der Waals surface area contributed by atoms with Crippen molar-refractivity contribution in [3.05, 3.63) is 63.1 Å².